The third kappa shape index (κ3) is 5.97. The lowest BCUT2D eigenvalue weighted by Crippen LogP contribution is -2.10. The third-order valence-electron chi connectivity index (χ3n) is 11.5. The van der Waals surface area contributed by atoms with E-state index in [9.17, 15) is 0 Å². The number of nitrogens with zero attached hydrogens (tertiary/aromatic N) is 5. The molecule has 0 aliphatic rings. The molecule has 58 heavy (non-hydrogen) atoms. The Bertz CT molecular complexity index is 3120. The van der Waals surface area contributed by atoms with Crippen LogP contribution >= 0.6 is 0 Å². The van der Waals surface area contributed by atoms with Crippen molar-refractivity contribution in [3.63, 3.8) is 0 Å². The van der Waals surface area contributed by atoms with Crippen molar-refractivity contribution in [3.8, 4) is 45.5 Å². The molecule has 0 aliphatic heterocycles. The quantitative estimate of drug-likeness (QED) is 0.176. The van der Waals surface area contributed by atoms with E-state index in [0.29, 0.717) is 17.5 Å². The van der Waals surface area contributed by atoms with Crippen LogP contribution in [0.5, 0.6) is 0 Å². The normalized spacial score (nSPS) is 12.3. The van der Waals surface area contributed by atoms with Gasteiger partial charge in [-0.1, -0.05) is 151 Å². The highest BCUT2D eigenvalue weighted by atomic mass is 15.1. The highest BCUT2D eigenvalue weighted by molar-refractivity contribution is 6.11. The minimum atomic E-state index is -0.00157. The molecule has 0 N–H and O–H groups in total. The first-order valence-corrected chi connectivity index (χ1v) is 20.1. The van der Waals surface area contributed by atoms with E-state index in [0.717, 1.165) is 44.6 Å². The Morgan fingerprint density at radius 3 is 1.31 bits per heavy atom. The standard InChI is InChI=1S/C53H45N5/c1-52(2,3)36-25-29-46-42(31-36)39-21-13-15-23-44(39)57(46)38-27-28-41(51-55-49(34-17-9-7-10-18-34)54-50(56-51)35-19-11-8-12-20-35)48(33-38)58-45-24-16-14-22-40(45)43-32-37(53(4,5)6)26-30-47(43)58/h7-33H,1-6H3. The van der Waals surface area contributed by atoms with Crippen LogP contribution in [-0.2, 0) is 10.8 Å². The first kappa shape index (κ1) is 35.6. The fraction of sp³-hybridized carbons (Fsp3) is 0.151. The molecule has 0 bridgehead atoms. The van der Waals surface area contributed by atoms with E-state index < -0.39 is 0 Å². The maximum Gasteiger partial charge on any atom is 0.166 e. The lowest BCUT2D eigenvalue weighted by Gasteiger charge is -2.20. The van der Waals surface area contributed by atoms with Crippen molar-refractivity contribution in [2.45, 2.75) is 52.4 Å². The van der Waals surface area contributed by atoms with Gasteiger partial charge in [0, 0.05) is 43.9 Å². The lowest BCUT2D eigenvalue weighted by atomic mass is 9.86. The molecule has 5 nitrogen and oxygen atoms in total. The molecule has 7 aromatic carbocycles. The number of hydrogen-bond donors (Lipinski definition) is 0. The van der Waals surface area contributed by atoms with E-state index >= 15 is 0 Å². The number of benzene rings is 7. The summed E-state index contributed by atoms with van der Waals surface area (Å²) in [7, 11) is 0. The van der Waals surface area contributed by atoms with Gasteiger partial charge in [-0.3, -0.25) is 0 Å². The molecule has 0 spiro atoms. The van der Waals surface area contributed by atoms with Gasteiger partial charge in [0.1, 0.15) is 0 Å². The lowest BCUT2D eigenvalue weighted by molar-refractivity contribution is 0.591. The first-order chi connectivity index (χ1) is 28.0. The second kappa shape index (κ2) is 13.4. The van der Waals surface area contributed by atoms with E-state index in [1.807, 2.05) is 36.4 Å². The average Bonchev–Trinajstić information content (AvgIpc) is 3.75. The van der Waals surface area contributed by atoms with Crippen LogP contribution in [0.2, 0.25) is 0 Å². The van der Waals surface area contributed by atoms with Crippen molar-refractivity contribution in [2.75, 3.05) is 0 Å². The van der Waals surface area contributed by atoms with Crippen LogP contribution in [0.4, 0.5) is 0 Å². The van der Waals surface area contributed by atoms with Crippen molar-refractivity contribution in [1.82, 2.24) is 24.1 Å². The van der Waals surface area contributed by atoms with Crippen LogP contribution in [0.1, 0.15) is 52.7 Å². The van der Waals surface area contributed by atoms with E-state index in [2.05, 4.69) is 178 Å². The van der Waals surface area contributed by atoms with Crippen molar-refractivity contribution < 1.29 is 0 Å². The van der Waals surface area contributed by atoms with Gasteiger partial charge >= 0.3 is 0 Å². The molecule has 0 saturated carbocycles. The van der Waals surface area contributed by atoms with Gasteiger partial charge in [0.15, 0.2) is 17.5 Å². The molecular weight excluding hydrogens is 707 g/mol. The average molecular weight is 752 g/mol. The molecular formula is C53H45N5. The Kier molecular flexibility index (Phi) is 8.20. The van der Waals surface area contributed by atoms with Gasteiger partial charge in [0.25, 0.3) is 0 Å². The van der Waals surface area contributed by atoms with Gasteiger partial charge in [0.2, 0.25) is 0 Å². The second-order valence-electron chi connectivity index (χ2n) is 17.4. The van der Waals surface area contributed by atoms with Crippen LogP contribution in [0.3, 0.4) is 0 Å². The van der Waals surface area contributed by atoms with Crippen LogP contribution in [0.25, 0.3) is 89.2 Å². The number of hydrogen-bond acceptors (Lipinski definition) is 3. The van der Waals surface area contributed by atoms with Crippen molar-refractivity contribution in [1.29, 1.82) is 0 Å². The van der Waals surface area contributed by atoms with Crippen LogP contribution in [0, 0.1) is 0 Å². The summed E-state index contributed by atoms with van der Waals surface area (Å²) in [4.78, 5) is 15.6. The molecule has 10 rings (SSSR count). The zero-order chi connectivity index (χ0) is 39.8. The van der Waals surface area contributed by atoms with E-state index in [1.165, 1.54) is 38.2 Å². The second-order valence-corrected chi connectivity index (χ2v) is 17.4. The third-order valence-corrected chi connectivity index (χ3v) is 11.5. The monoisotopic (exact) mass is 751 g/mol. The van der Waals surface area contributed by atoms with Gasteiger partial charge in [-0.05, 0) is 76.6 Å². The Morgan fingerprint density at radius 1 is 0.362 bits per heavy atom. The highest BCUT2D eigenvalue weighted by Gasteiger charge is 2.24. The van der Waals surface area contributed by atoms with Gasteiger partial charge in [-0.25, -0.2) is 15.0 Å². The Morgan fingerprint density at radius 2 is 0.793 bits per heavy atom. The predicted octanol–water partition coefficient (Wildman–Crippen LogP) is 13.7. The summed E-state index contributed by atoms with van der Waals surface area (Å²) in [6.07, 6.45) is 0. The van der Waals surface area contributed by atoms with Crippen molar-refractivity contribution in [3.05, 3.63) is 175 Å². The fourth-order valence-corrected chi connectivity index (χ4v) is 8.38. The largest absolute Gasteiger partial charge is 0.309 e. The van der Waals surface area contributed by atoms with Crippen molar-refractivity contribution in [2.24, 2.45) is 0 Å². The fourth-order valence-electron chi connectivity index (χ4n) is 8.38. The Balaban J connectivity index is 1.31. The Hall–Kier alpha value is -6.85. The smallest absolute Gasteiger partial charge is 0.166 e. The molecule has 0 fully saturated rings. The van der Waals surface area contributed by atoms with Crippen LogP contribution < -0.4 is 0 Å². The first-order valence-electron chi connectivity index (χ1n) is 20.1. The maximum absolute atomic E-state index is 5.26. The minimum Gasteiger partial charge on any atom is -0.309 e. The molecule has 10 aromatic rings. The molecule has 0 unspecified atom stereocenters. The summed E-state index contributed by atoms with van der Waals surface area (Å²) in [5, 5.41) is 4.91. The molecule has 0 saturated heterocycles. The SMILES string of the molecule is CC(C)(C)c1ccc2c(c1)c1ccccc1n2-c1ccc(-c2nc(-c3ccccc3)nc(-c3ccccc3)n2)c(-n2c3ccccc3c3cc(C(C)(C)C)ccc32)c1. The summed E-state index contributed by atoms with van der Waals surface area (Å²) < 4.78 is 4.82. The summed E-state index contributed by atoms with van der Waals surface area (Å²) in [6, 6.07) is 58.6. The van der Waals surface area contributed by atoms with Crippen LogP contribution in [0.15, 0.2) is 164 Å². The van der Waals surface area contributed by atoms with Gasteiger partial charge in [-0.2, -0.15) is 0 Å². The van der Waals surface area contributed by atoms with Crippen LogP contribution in [-0.4, -0.2) is 24.1 Å². The minimum absolute atomic E-state index is 0.00157. The molecule has 0 aliphatic carbocycles. The molecule has 0 atom stereocenters. The number of para-hydroxylation sites is 2. The highest BCUT2D eigenvalue weighted by Crippen LogP contribution is 2.41. The molecule has 3 aromatic heterocycles. The molecule has 3 heterocycles. The predicted molar refractivity (Wildman–Crippen MR) is 242 cm³/mol. The summed E-state index contributed by atoms with van der Waals surface area (Å²) in [6.45, 7) is 13.7. The maximum atomic E-state index is 5.26. The summed E-state index contributed by atoms with van der Waals surface area (Å²) >= 11 is 0. The molecule has 282 valence electrons. The van der Waals surface area contributed by atoms with Gasteiger partial charge in [-0.15, -0.1) is 0 Å². The summed E-state index contributed by atoms with van der Waals surface area (Å²) in [5.41, 5.74) is 12.1. The summed E-state index contributed by atoms with van der Waals surface area (Å²) in [5.74, 6) is 1.88. The van der Waals surface area contributed by atoms with E-state index in [-0.39, 0.29) is 10.8 Å². The zero-order valence-corrected chi connectivity index (χ0v) is 33.8. The molecule has 5 heteroatoms. The molecule has 0 amide bonds. The topological polar surface area (TPSA) is 48.5 Å². The molecule has 0 radical (unpaired) electrons. The zero-order valence-electron chi connectivity index (χ0n) is 33.8. The van der Waals surface area contributed by atoms with Crippen molar-refractivity contribution >= 4 is 43.6 Å². The van der Waals surface area contributed by atoms with Gasteiger partial charge < -0.3 is 9.13 Å². The number of fused-ring (bicyclic) bond motifs is 6. The van der Waals surface area contributed by atoms with Gasteiger partial charge in [0.05, 0.1) is 27.8 Å². The number of aromatic nitrogens is 5. The Labute approximate surface area is 339 Å². The number of rotatable bonds is 5. The van der Waals surface area contributed by atoms with E-state index in [1.54, 1.807) is 0 Å². The van der Waals surface area contributed by atoms with E-state index in [4.69, 9.17) is 15.0 Å².